The average Bonchev–Trinajstić information content (AvgIpc) is 2.80. The van der Waals surface area contributed by atoms with Crippen LogP contribution in [0.2, 0.25) is 0 Å². The number of rotatable bonds is 28. The molecule has 0 aliphatic heterocycles. The van der Waals surface area contributed by atoms with Crippen LogP contribution in [-0.2, 0) is 23.6 Å². The van der Waals surface area contributed by atoms with Gasteiger partial charge < -0.3 is 14.1 Å². The molecule has 2 atom stereocenters. The molecule has 0 fully saturated rings. The van der Waals surface area contributed by atoms with Crippen molar-refractivity contribution in [2.75, 3.05) is 59.5 Å². The summed E-state index contributed by atoms with van der Waals surface area (Å²) in [5.74, 6) is 0. The van der Waals surface area contributed by atoms with E-state index in [1.807, 2.05) is 0 Å². The van der Waals surface area contributed by atoms with Gasteiger partial charge in [0.2, 0.25) is 7.37 Å². The molecule has 1 N–H and O–H groups in total. The molecule has 0 rings (SSSR count). The van der Waals surface area contributed by atoms with Crippen LogP contribution in [-0.4, -0.2) is 83.4 Å². The Bertz CT molecular complexity index is 696. The number of hydrogen-bond donors (Lipinski definition) is 1. The smallest absolute Gasteiger partial charge is 0.264 e. The molecule has 2 unspecified atom stereocenters. The van der Waals surface area contributed by atoms with Gasteiger partial charge in [-0.1, -0.05) is 103 Å². The molecular weight excluding hydrogens is 521 g/mol. The van der Waals surface area contributed by atoms with Gasteiger partial charge in [0.05, 0.1) is 40.6 Å². The molecular formula is C29H63NO6PS+. The molecule has 0 heterocycles. The van der Waals surface area contributed by atoms with Gasteiger partial charge in [0.1, 0.15) is 6.10 Å². The van der Waals surface area contributed by atoms with Crippen LogP contribution in [0.1, 0.15) is 122 Å². The summed E-state index contributed by atoms with van der Waals surface area (Å²) in [5, 5.41) is 0. The zero-order chi connectivity index (χ0) is 28.8. The predicted octanol–water partition coefficient (Wildman–Crippen LogP) is 7.37. The molecule has 0 aromatic carbocycles. The van der Waals surface area contributed by atoms with Crippen LogP contribution in [0.15, 0.2) is 0 Å². The quantitative estimate of drug-likeness (QED) is 0.0447. The second-order valence-electron chi connectivity index (χ2n) is 12.3. The summed E-state index contributed by atoms with van der Waals surface area (Å²) in [4.78, 5) is 10.3. The molecule has 38 heavy (non-hydrogen) atoms. The van der Waals surface area contributed by atoms with E-state index in [0.29, 0.717) is 13.0 Å². The van der Waals surface area contributed by atoms with E-state index in [1.165, 1.54) is 89.9 Å². The highest BCUT2D eigenvalue weighted by Gasteiger charge is 2.24. The van der Waals surface area contributed by atoms with Crippen LogP contribution in [0, 0.1) is 0 Å². The Morgan fingerprint density at radius 2 is 1.18 bits per heavy atom. The van der Waals surface area contributed by atoms with Crippen LogP contribution in [0.25, 0.3) is 0 Å². The fourth-order valence-corrected chi connectivity index (χ4v) is 6.82. The minimum Gasteiger partial charge on any atom is -0.379 e. The van der Waals surface area contributed by atoms with Crippen LogP contribution in [0.3, 0.4) is 0 Å². The first-order valence-corrected chi connectivity index (χ1v) is 19.3. The minimum atomic E-state index is -3.66. The average molecular weight is 585 g/mol. The van der Waals surface area contributed by atoms with Gasteiger partial charge in [-0.2, -0.15) is 8.42 Å². The molecule has 0 amide bonds. The summed E-state index contributed by atoms with van der Waals surface area (Å²) in [6, 6.07) is 0. The van der Waals surface area contributed by atoms with Gasteiger partial charge in [-0.15, -0.1) is 0 Å². The molecule has 0 radical (unpaired) electrons. The van der Waals surface area contributed by atoms with Gasteiger partial charge in [-0.25, -0.2) is 0 Å². The third kappa shape index (κ3) is 29.0. The second kappa shape index (κ2) is 22.7. The molecule has 0 spiro atoms. The lowest BCUT2D eigenvalue weighted by Crippen LogP contribution is -2.35. The van der Waals surface area contributed by atoms with Crippen molar-refractivity contribution in [1.82, 2.24) is 0 Å². The molecule has 230 valence electrons. The molecule has 0 aliphatic carbocycles. The summed E-state index contributed by atoms with van der Waals surface area (Å²) < 4.78 is 47.3. The standard InChI is InChI=1S/C29H62NO6PS/c1-6-7-8-9-10-11-12-13-14-15-16-17-18-19-20-21-25-35-28-29(36-38(5,33)34)23-27-37(31,32)26-22-24-30(2,3)4/h29H,6-28H2,1-5H3/p+1. The zero-order valence-electron chi connectivity index (χ0n) is 25.6. The molecule has 0 aromatic rings. The molecule has 0 aliphatic rings. The van der Waals surface area contributed by atoms with Crippen LogP contribution in [0.5, 0.6) is 0 Å². The number of unbranched alkanes of at least 4 members (excludes halogenated alkanes) is 15. The highest BCUT2D eigenvalue weighted by molar-refractivity contribution is 7.86. The maximum Gasteiger partial charge on any atom is 0.264 e. The van der Waals surface area contributed by atoms with E-state index in [2.05, 4.69) is 28.1 Å². The Hall–Kier alpha value is 0.0200. The number of nitrogens with zero attached hydrogens (tertiary/aromatic N) is 1. The van der Waals surface area contributed by atoms with Crippen molar-refractivity contribution in [3.8, 4) is 0 Å². The minimum absolute atomic E-state index is 0.0483. The number of quaternary nitrogens is 1. The van der Waals surface area contributed by atoms with E-state index in [9.17, 15) is 17.9 Å². The summed E-state index contributed by atoms with van der Waals surface area (Å²) in [6.07, 6.45) is 22.5. The van der Waals surface area contributed by atoms with Crippen molar-refractivity contribution in [2.45, 2.75) is 129 Å². The maximum atomic E-state index is 12.5. The van der Waals surface area contributed by atoms with Gasteiger partial charge in [0, 0.05) is 25.4 Å². The molecule has 9 heteroatoms. The van der Waals surface area contributed by atoms with Crippen molar-refractivity contribution in [2.24, 2.45) is 0 Å². The Labute approximate surface area is 236 Å². The maximum absolute atomic E-state index is 12.5. The second-order valence-corrected chi connectivity index (χ2v) is 16.4. The van der Waals surface area contributed by atoms with E-state index < -0.39 is 23.6 Å². The highest BCUT2D eigenvalue weighted by Crippen LogP contribution is 2.42. The van der Waals surface area contributed by atoms with Gasteiger partial charge >= 0.3 is 0 Å². The predicted molar refractivity (Wildman–Crippen MR) is 162 cm³/mol. The molecule has 0 bridgehead atoms. The third-order valence-corrected chi connectivity index (χ3v) is 9.49. The SMILES string of the molecule is CCCCCCCCCCCCCCCCCCOCC(CCP(=O)(O)CCC[N+](C)(C)C)OS(C)(=O)=O. The van der Waals surface area contributed by atoms with E-state index in [4.69, 9.17) is 8.92 Å². The third-order valence-electron chi connectivity index (χ3n) is 6.89. The van der Waals surface area contributed by atoms with Crippen molar-refractivity contribution in [3.63, 3.8) is 0 Å². The molecule has 7 nitrogen and oxygen atoms in total. The summed E-state index contributed by atoms with van der Waals surface area (Å²) in [7, 11) is -0.820. The monoisotopic (exact) mass is 584 g/mol. The lowest BCUT2D eigenvalue weighted by Gasteiger charge is -2.24. The van der Waals surface area contributed by atoms with Crippen molar-refractivity contribution >= 4 is 17.5 Å². The van der Waals surface area contributed by atoms with Crippen LogP contribution >= 0.6 is 7.37 Å². The van der Waals surface area contributed by atoms with Crippen molar-refractivity contribution in [1.29, 1.82) is 0 Å². The molecule has 0 saturated carbocycles. The van der Waals surface area contributed by atoms with Crippen LogP contribution < -0.4 is 0 Å². The van der Waals surface area contributed by atoms with Gasteiger partial charge in [-0.05, 0) is 12.8 Å². The summed E-state index contributed by atoms with van der Waals surface area (Å²) in [6.45, 7) is 3.77. The van der Waals surface area contributed by atoms with Gasteiger partial charge in [0.25, 0.3) is 10.1 Å². The first-order valence-electron chi connectivity index (χ1n) is 15.4. The van der Waals surface area contributed by atoms with E-state index in [0.717, 1.165) is 30.1 Å². The van der Waals surface area contributed by atoms with Crippen molar-refractivity contribution in [3.05, 3.63) is 0 Å². The fraction of sp³-hybridized carbons (Fsp3) is 1.00. The Morgan fingerprint density at radius 1 is 0.737 bits per heavy atom. The van der Waals surface area contributed by atoms with E-state index >= 15 is 0 Å². The number of hydrogen-bond acceptors (Lipinski definition) is 5. The Kier molecular flexibility index (Phi) is 22.7. The largest absolute Gasteiger partial charge is 0.379 e. The fourth-order valence-electron chi connectivity index (χ4n) is 4.62. The first-order chi connectivity index (χ1) is 17.8. The highest BCUT2D eigenvalue weighted by atomic mass is 32.2. The van der Waals surface area contributed by atoms with E-state index in [-0.39, 0.29) is 25.4 Å². The first kappa shape index (κ1) is 38.0. The zero-order valence-corrected chi connectivity index (χ0v) is 27.3. The Balaban J connectivity index is 3.83. The van der Waals surface area contributed by atoms with Crippen molar-refractivity contribution < 1.29 is 31.3 Å². The van der Waals surface area contributed by atoms with Gasteiger partial charge in [0.15, 0.2) is 0 Å². The molecule has 0 aromatic heterocycles. The van der Waals surface area contributed by atoms with E-state index in [1.54, 1.807) is 0 Å². The Morgan fingerprint density at radius 3 is 1.61 bits per heavy atom. The van der Waals surface area contributed by atoms with Crippen LogP contribution in [0.4, 0.5) is 0 Å². The topological polar surface area (TPSA) is 89.9 Å². The van der Waals surface area contributed by atoms with Gasteiger partial charge in [-0.3, -0.25) is 8.75 Å². The number of ether oxygens (including phenoxy) is 1. The lowest BCUT2D eigenvalue weighted by atomic mass is 10.0. The summed E-state index contributed by atoms with van der Waals surface area (Å²) >= 11 is 0. The normalized spacial score (nSPS) is 15.0. The molecule has 0 saturated heterocycles. The lowest BCUT2D eigenvalue weighted by molar-refractivity contribution is -0.870. The summed E-state index contributed by atoms with van der Waals surface area (Å²) in [5.41, 5.74) is 0.